The molecule has 27 heavy (non-hydrogen) atoms. The third-order valence-corrected chi connectivity index (χ3v) is 5.10. The maximum Gasteiger partial charge on any atom is 0.317 e. The third kappa shape index (κ3) is 5.44. The summed E-state index contributed by atoms with van der Waals surface area (Å²) in [5, 5.41) is 6.50. The van der Waals surface area contributed by atoms with E-state index in [1.54, 1.807) is 17.3 Å². The normalized spacial score (nSPS) is 14.6. The Morgan fingerprint density at radius 2 is 1.85 bits per heavy atom. The first-order valence-corrected chi connectivity index (χ1v) is 9.44. The number of rotatable bonds is 5. The quantitative estimate of drug-likeness (QED) is 0.829. The summed E-state index contributed by atoms with van der Waals surface area (Å²) < 4.78 is 0. The number of amides is 3. The molecule has 0 spiro atoms. The van der Waals surface area contributed by atoms with Gasteiger partial charge in [-0.3, -0.25) is 9.78 Å². The Morgan fingerprint density at radius 3 is 2.56 bits per heavy atom. The van der Waals surface area contributed by atoms with Gasteiger partial charge in [0, 0.05) is 49.5 Å². The van der Waals surface area contributed by atoms with Gasteiger partial charge in [0.25, 0.3) is 0 Å². The summed E-state index contributed by atoms with van der Waals surface area (Å²) in [6.45, 7) is 2.02. The molecule has 1 aromatic carbocycles. The Hall–Kier alpha value is -2.60. The zero-order chi connectivity index (χ0) is 19.1. The molecule has 0 aliphatic carbocycles. The van der Waals surface area contributed by atoms with Gasteiger partial charge in [0.05, 0.1) is 0 Å². The molecule has 1 aromatic heterocycles. The number of carbonyl (C=O) groups is 2. The number of piperidine rings is 1. The SMILES string of the molecule is O=C(NCc1ccccc1Cl)C1CCN(C(=O)NCc2cccnc2)CC1. The van der Waals surface area contributed by atoms with Gasteiger partial charge >= 0.3 is 6.03 Å². The number of likely N-dealkylation sites (tertiary alicyclic amines) is 1. The summed E-state index contributed by atoms with van der Waals surface area (Å²) in [5.74, 6) is -0.0554. The van der Waals surface area contributed by atoms with Crippen LogP contribution in [0.25, 0.3) is 0 Å². The van der Waals surface area contributed by atoms with Crippen molar-refractivity contribution in [3.63, 3.8) is 0 Å². The molecule has 0 radical (unpaired) electrons. The Bertz CT molecular complexity index is 777. The topological polar surface area (TPSA) is 74.3 Å². The standard InChI is InChI=1S/C20H23ClN4O2/c21-18-6-2-1-5-17(18)14-23-19(26)16-7-10-25(11-8-16)20(27)24-13-15-4-3-9-22-12-15/h1-6,9,12,16H,7-8,10-11,13-14H2,(H,23,26)(H,24,27). The fourth-order valence-electron chi connectivity index (χ4n) is 3.11. The Kier molecular flexibility index (Phi) is 6.65. The number of benzene rings is 1. The molecule has 6 nitrogen and oxygen atoms in total. The smallest absolute Gasteiger partial charge is 0.317 e. The van der Waals surface area contributed by atoms with E-state index in [9.17, 15) is 9.59 Å². The van der Waals surface area contributed by atoms with Gasteiger partial charge in [0.2, 0.25) is 5.91 Å². The van der Waals surface area contributed by atoms with Crippen molar-refractivity contribution in [2.45, 2.75) is 25.9 Å². The molecule has 1 aliphatic rings. The summed E-state index contributed by atoms with van der Waals surface area (Å²) in [7, 11) is 0. The van der Waals surface area contributed by atoms with Crippen molar-refractivity contribution in [2.24, 2.45) is 5.92 Å². The van der Waals surface area contributed by atoms with E-state index in [4.69, 9.17) is 11.6 Å². The van der Waals surface area contributed by atoms with Gasteiger partial charge in [0.15, 0.2) is 0 Å². The Labute approximate surface area is 163 Å². The van der Waals surface area contributed by atoms with Crippen LogP contribution in [0, 0.1) is 5.92 Å². The first kappa shape index (κ1) is 19.2. The van der Waals surface area contributed by atoms with Crippen molar-refractivity contribution in [1.82, 2.24) is 20.5 Å². The van der Waals surface area contributed by atoms with Crippen molar-refractivity contribution < 1.29 is 9.59 Å². The second kappa shape index (κ2) is 9.37. The molecule has 0 bridgehead atoms. The van der Waals surface area contributed by atoms with E-state index in [1.165, 1.54) is 0 Å². The number of pyridine rings is 1. The van der Waals surface area contributed by atoms with Crippen LogP contribution in [-0.2, 0) is 17.9 Å². The van der Waals surface area contributed by atoms with Gasteiger partial charge in [-0.2, -0.15) is 0 Å². The highest BCUT2D eigenvalue weighted by molar-refractivity contribution is 6.31. The molecule has 2 heterocycles. The summed E-state index contributed by atoms with van der Waals surface area (Å²) in [6.07, 6.45) is 4.76. The lowest BCUT2D eigenvalue weighted by Gasteiger charge is -2.31. The highest BCUT2D eigenvalue weighted by Crippen LogP contribution is 2.19. The number of nitrogens with zero attached hydrogens (tertiary/aromatic N) is 2. The van der Waals surface area contributed by atoms with Crippen molar-refractivity contribution in [1.29, 1.82) is 0 Å². The molecule has 0 unspecified atom stereocenters. The van der Waals surface area contributed by atoms with Gasteiger partial charge in [-0.15, -0.1) is 0 Å². The predicted octanol–water partition coefficient (Wildman–Crippen LogP) is 2.97. The average molecular weight is 387 g/mol. The van der Waals surface area contributed by atoms with Crippen LogP contribution >= 0.6 is 11.6 Å². The zero-order valence-corrected chi connectivity index (χ0v) is 15.8. The number of carbonyl (C=O) groups excluding carboxylic acids is 2. The lowest BCUT2D eigenvalue weighted by Crippen LogP contribution is -2.46. The maximum absolute atomic E-state index is 12.4. The fourth-order valence-corrected chi connectivity index (χ4v) is 3.31. The molecule has 3 amide bonds. The number of nitrogens with one attached hydrogen (secondary N) is 2. The van der Waals surface area contributed by atoms with Gasteiger partial charge in [-0.05, 0) is 36.1 Å². The largest absolute Gasteiger partial charge is 0.352 e. The van der Waals surface area contributed by atoms with Crippen molar-refractivity contribution >= 4 is 23.5 Å². The molecule has 0 atom stereocenters. The van der Waals surface area contributed by atoms with Crippen molar-refractivity contribution in [2.75, 3.05) is 13.1 Å². The zero-order valence-electron chi connectivity index (χ0n) is 15.0. The summed E-state index contributed by atoms with van der Waals surface area (Å²) in [6, 6.07) is 11.1. The minimum atomic E-state index is -0.103. The number of aromatic nitrogens is 1. The van der Waals surface area contributed by atoms with Crippen LogP contribution in [0.5, 0.6) is 0 Å². The van der Waals surface area contributed by atoms with E-state index in [0.29, 0.717) is 44.0 Å². The van der Waals surface area contributed by atoms with Gasteiger partial charge in [-0.1, -0.05) is 35.9 Å². The van der Waals surface area contributed by atoms with Gasteiger partial charge < -0.3 is 15.5 Å². The van der Waals surface area contributed by atoms with Crippen LogP contribution in [0.4, 0.5) is 4.79 Å². The molecule has 2 aromatic rings. The lowest BCUT2D eigenvalue weighted by atomic mass is 9.96. The van der Waals surface area contributed by atoms with Crippen LogP contribution < -0.4 is 10.6 Å². The Morgan fingerprint density at radius 1 is 1.07 bits per heavy atom. The highest BCUT2D eigenvalue weighted by atomic mass is 35.5. The predicted molar refractivity (Wildman–Crippen MR) is 104 cm³/mol. The van der Waals surface area contributed by atoms with Crippen molar-refractivity contribution in [3.05, 3.63) is 64.9 Å². The molecule has 1 saturated heterocycles. The average Bonchev–Trinajstić information content (AvgIpc) is 2.72. The van der Waals surface area contributed by atoms with Crippen LogP contribution in [0.3, 0.4) is 0 Å². The minimum Gasteiger partial charge on any atom is -0.352 e. The fraction of sp³-hybridized carbons (Fsp3) is 0.350. The van der Waals surface area contributed by atoms with Crippen LogP contribution in [-0.4, -0.2) is 34.9 Å². The van der Waals surface area contributed by atoms with Gasteiger partial charge in [-0.25, -0.2) is 4.79 Å². The lowest BCUT2D eigenvalue weighted by molar-refractivity contribution is -0.126. The Balaban J connectivity index is 1.40. The molecule has 1 fully saturated rings. The number of urea groups is 1. The van der Waals surface area contributed by atoms with Crippen LogP contribution in [0.1, 0.15) is 24.0 Å². The third-order valence-electron chi connectivity index (χ3n) is 4.73. The first-order valence-electron chi connectivity index (χ1n) is 9.06. The summed E-state index contributed by atoms with van der Waals surface area (Å²) in [5.41, 5.74) is 1.86. The number of halogens is 1. The molecule has 7 heteroatoms. The molecular formula is C20H23ClN4O2. The molecule has 2 N–H and O–H groups in total. The van der Waals surface area contributed by atoms with E-state index in [2.05, 4.69) is 15.6 Å². The molecule has 1 aliphatic heterocycles. The van der Waals surface area contributed by atoms with E-state index in [1.807, 2.05) is 36.4 Å². The first-order chi connectivity index (χ1) is 13.1. The molecule has 3 rings (SSSR count). The highest BCUT2D eigenvalue weighted by Gasteiger charge is 2.27. The summed E-state index contributed by atoms with van der Waals surface area (Å²) >= 11 is 6.12. The van der Waals surface area contributed by atoms with Crippen LogP contribution in [0.2, 0.25) is 5.02 Å². The second-order valence-electron chi connectivity index (χ2n) is 6.59. The molecular weight excluding hydrogens is 364 g/mol. The number of hydrogen-bond donors (Lipinski definition) is 2. The van der Waals surface area contributed by atoms with Gasteiger partial charge in [0.1, 0.15) is 0 Å². The van der Waals surface area contributed by atoms with E-state index in [-0.39, 0.29) is 17.9 Å². The summed E-state index contributed by atoms with van der Waals surface area (Å²) in [4.78, 5) is 30.5. The monoisotopic (exact) mass is 386 g/mol. The van der Waals surface area contributed by atoms with Crippen LogP contribution in [0.15, 0.2) is 48.8 Å². The van der Waals surface area contributed by atoms with Crippen molar-refractivity contribution in [3.8, 4) is 0 Å². The molecule has 0 saturated carbocycles. The number of hydrogen-bond acceptors (Lipinski definition) is 3. The second-order valence-corrected chi connectivity index (χ2v) is 7.00. The van der Waals surface area contributed by atoms with E-state index >= 15 is 0 Å². The minimum absolute atomic E-state index is 0.0188. The molecule has 142 valence electrons. The van der Waals surface area contributed by atoms with E-state index in [0.717, 1.165) is 11.1 Å². The van der Waals surface area contributed by atoms with E-state index < -0.39 is 0 Å². The maximum atomic E-state index is 12.4.